The maximum absolute atomic E-state index is 3.98. The van der Waals surface area contributed by atoms with Crippen molar-refractivity contribution < 1.29 is 47.5 Å². The molecule has 1 heterocycles. The topological polar surface area (TPSA) is 15.6 Å². The van der Waals surface area contributed by atoms with Gasteiger partial charge in [-0.2, -0.15) is 0 Å². The first kappa shape index (κ1) is 5.20. The van der Waals surface area contributed by atoms with Crippen molar-refractivity contribution in [2.45, 2.75) is 0 Å². The minimum atomic E-state index is 0.997. The van der Waals surface area contributed by atoms with E-state index >= 15 is 0 Å². The third kappa shape index (κ3) is 1.28. The Morgan fingerprint density at radius 2 is 2.67 bits per heavy atom. The molecule has 0 aromatic carbocycles. The molecule has 0 fully saturated rings. The summed E-state index contributed by atoms with van der Waals surface area (Å²) in [4.78, 5) is 3.98. The number of rotatable bonds is 0. The van der Waals surface area contributed by atoms with Gasteiger partial charge in [0.1, 0.15) is 0 Å². The van der Waals surface area contributed by atoms with Gasteiger partial charge in [-0.3, -0.25) is 0 Å². The Bertz CT molecular complexity index is 71.2. The molecule has 1 aliphatic rings. The van der Waals surface area contributed by atoms with Crippen molar-refractivity contribution in [3.05, 3.63) is 0 Å². The molecule has 0 aromatic rings. The summed E-state index contributed by atoms with van der Waals surface area (Å²) in [7, 11) is 0. The second-order valence-electron chi connectivity index (χ2n) is 1.14. The van der Waals surface area contributed by atoms with Gasteiger partial charge < -0.3 is 0 Å². The van der Waals surface area contributed by atoms with Crippen molar-refractivity contribution in [2.24, 2.45) is 4.99 Å². The Kier molecular flexibility index (Phi) is 2.06. The van der Waals surface area contributed by atoms with Crippen molar-refractivity contribution in [3.8, 4) is 0 Å². The second kappa shape index (κ2) is 2.38. The molecule has 0 saturated carbocycles. The van der Waals surface area contributed by atoms with Gasteiger partial charge in [-0.05, 0) is 0 Å². The van der Waals surface area contributed by atoms with Gasteiger partial charge in [-0.15, -0.1) is 0 Å². The van der Waals surface area contributed by atoms with E-state index in [-0.39, 0.29) is 0 Å². The van der Waals surface area contributed by atoms with Crippen LogP contribution in [0.25, 0.3) is 0 Å². The Hall–Kier alpha value is 1.05. The van der Waals surface area contributed by atoms with E-state index in [1.54, 1.807) is 47.5 Å². The molecule has 34 valence electrons. The van der Waals surface area contributed by atoms with Crippen molar-refractivity contribution in [1.29, 1.82) is 0 Å². The molecular weight excluding hydrogens is 216 g/mol. The van der Waals surface area contributed by atoms with Crippen LogP contribution in [0.5, 0.6) is 0 Å². The molecule has 0 aromatic heterocycles. The van der Waals surface area contributed by atoms with Crippen LogP contribution in [0.2, 0.25) is 0 Å². The van der Waals surface area contributed by atoms with E-state index < -0.39 is 0 Å². The van der Waals surface area contributed by atoms with Crippen LogP contribution in [0.3, 0.4) is 0 Å². The first-order chi connectivity index (χ1) is 2.89. The van der Waals surface area contributed by atoms with Crippen molar-refractivity contribution >= 4 is 6.34 Å². The molecule has 2 nitrogen and oxygen atoms in total. The third-order valence-electron chi connectivity index (χ3n) is 0.650. The van der Waals surface area contributed by atoms with E-state index in [1.807, 2.05) is 6.34 Å². The van der Waals surface area contributed by atoms with E-state index in [1.165, 1.54) is 0 Å². The fourth-order valence-electron chi connectivity index (χ4n) is 0.357. The van der Waals surface area contributed by atoms with Crippen LogP contribution in [-0.2, 0) is 0 Å². The number of hydrogen-bond donors (Lipinski definition) is 0. The SMILES string of the molecule is [Eu][N]1C=NCC1. The van der Waals surface area contributed by atoms with Crippen LogP contribution in [0.4, 0.5) is 0 Å². The molecule has 0 N–H and O–H groups in total. The first-order valence-corrected chi connectivity index (χ1v) is 2.90. The molecular formula is C3H5EuN2. The monoisotopic (exact) mass is 222 g/mol. The van der Waals surface area contributed by atoms with E-state index in [2.05, 4.69) is 4.84 Å². The first-order valence-electron chi connectivity index (χ1n) is 1.82. The van der Waals surface area contributed by atoms with Gasteiger partial charge in [0.05, 0.1) is 0 Å². The average Bonchev–Trinajstić information content (AvgIpc) is 1.86. The summed E-state index contributed by atoms with van der Waals surface area (Å²) < 4.78 is 2.12. The predicted octanol–water partition coefficient (Wildman–Crippen LogP) is -0.205. The summed E-state index contributed by atoms with van der Waals surface area (Å²) in [5, 5.41) is 0. The van der Waals surface area contributed by atoms with Gasteiger partial charge in [0.15, 0.2) is 0 Å². The molecule has 1 aliphatic heterocycles. The second-order valence-corrected chi connectivity index (χ2v) is 2.54. The quantitative estimate of drug-likeness (QED) is 0.552. The molecule has 0 bridgehead atoms. The summed E-state index contributed by atoms with van der Waals surface area (Å²) in [5.74, 6) is 0. The summed E-state index contributed by atoms with van der Waals surface area (Å²) in [6, 6.07) is 0. The third-order valence-corrected chi connectivity index (χ3v) is 1.47. The van der Waals surface area contributed by atoms with E-state index in [9.17, 15) is 0 Å². The zero-order chi connectivity index (χ0) is 4.41. The summed E-state index contributed by atoms with van der Waals surface area (Å²) in [6.45, 7) is 2.12. The van der Waals surface area contributed by atoms with Crippen LogP contribution in [0.1, 0.15) is 0 Å². The van der Waals surface area contributed by atoms with Gasteiger partial charge >= 0.3 is 71.7 Å². The normalized spacial score (nSPS) is 19.8. The standard InChI is InChI=1S/C3H5N2.Eu/c1-2-5-3-4-1;/h3H,1-2H2;/q-1;+1. The summed E-state index contributed by atoms with van der Waals surface area (Å²) >= 11 is 1.67. The molecule has 0 saturated heterocycles. The number of hydrogen-bond acceptors (Lipinski definition) is 2. The van der Waals surface area contributed by atoms with Crippen molar-refractivity contribution in [2.75, 3.05) is 13.1 Å². The zero-order valence-electron chi connectivity index (χ0n) is 3.26. The Balaban J connectivity index is 2.38. The van der Waals surface area contributed by atoms with Gasteiger partial charge in [-0.25, -0.2) is 0 Å². The van der Waals surface area contributed by atoms with E-state index in [4.69, 9.17) is 0 Å². The van der Waals surface area contributed by atoms with Crippen LogP contribution in [0, 0.1) is 47.5 Å². The fourth-order valence-corrected chi connectivity index (χ4v) is 0.798. The fraction of sp³-hybridized carbons (Fsp3) is 0.667. The van der Waals surface area contributed by atoms with Gasteiger partial charge in [0.25, 0.3) is 0 Å². The summed E-state index contributed by atoms with van der Waals surface area (Å²) in [5.41, 5.74) is 0. The molecule has 0 aliphatic carbocycles. The molecule has 0 radical (unpaired) electrons. The molecule has 0 amide bonds. The Morgan fingerprint density at radius 3 is 2.83 bits per heavy atom. The minimum absolute atomic E-state index is 0.997. The Labute approximate surface area is 70.6 Å². The van der Waals surface area contributed by atoms with Gasteiger partial charge in [0.2, 0.25) is 0 Å². The Morgan fingerprint density at radius 1 is 1.83 bits per heavy atom. The van der Waals surface area contributed by atoms with Gasteiger partial charge in [0, 0.05) is 0 Å². The van der Waals surface area contributed by atoms with E-state index in [0.29, 0.717) is 0 Å². The summed E-state index contributed by atoms with van der Waals surface area (Å²) in [6.07, 6.45) is 1.89. The molecule has 3 heteroatoms. The van der Waals surface area contributed by atoms with Crippen molar-refractivity contribution in [1.82, 2.24) is -0.154 Å². The molecule has 1 rings (SSSR count). The van der Waals surface area contributed by atoms with Gasteiger partial charge in [-0.1, -0.05) is 0 Å². The molecule has 0 atom stereocenters. The maximum atomic E-state index is 3.98. The van der Waals surface area contributed by atoms with E-state index in [0.717, 1.165) is 13.1 Å². The predicted molar refractivity (Wildman–Crippen MR) is 20.1 cm³/mol. The zero-order valence-corrected chi connectivity index (χ0v) is 5.69. The average molecular weight is 221 g/mol. The van der Waals surface area contributed by atoms with Crippen LogP contribution >= 0.6 is 0 Å². The molecule has 0 spiro atoms. The number of aliphatic imine (C=N–C) groups is 1. The van der Waals surface area contributed by atoms with Crippen LogP contribution in [0.15, 0.2) is 4.99 Å². The molecule has 6 heavy (non-hydrogen) atoms. The molecule has 0 unspecified atom stereocenters. The van der Waals surface area contributed by atoms with Crippen LogP contribution in [-0.4, -0.2) is 19.3 Å². The van der Waals surface area contributed by atoms with Crippen LogP contribution < -0.4 is 0 Å². The van der Waals surface area contributed by atoms with Crippen molar-refractivity contribution in [3.63, 3.8) is 0 Å². The number of nitrogens with zero attached hydrogens (tertiary/aromatic N) is 2.